The van der Waals surface area contributed by atoms with Crippen molar-refractivity contribution in [3.8, 4) is 0 Å². The van der Waals surface area contributed by atoms with Crippen molar-refractivity contribution in [1.29, 1.82) is 0 Å². The molecule has 2 aliphatic heterocycles. The Morgan fingerprint density at radius 2 is 1.95 bits per heavy atom. The average Bonchev–Trinajstić information content (AvgIpc) is 2.40. The fraction of sp³-hybridized carbons (Fsp3) is 0.750. The van der Waals surface area contributed by atoms with Gasteiger partial charge in [-0.1, -0.05) is 0 Å². The van der Waals surface area contributed by atoms with Crippen LogP contribution in [-0.2, 0) is 19.1 Å². The van der Waals surface area contributed by atoms with Gasteiger partial charge in [-0.15, -0.1) is 0 Å². The number of hydrogen-bond donors (Lipinski definition) is 1. The topological polar surface area (TPSA) is 96.4 Å². The van der Waals surface area contributed by atoms with Crippen molar-refractivity contribution in [2.75, 3.05) is 39.9 Å². The largest absolute Gasteiger partial charge is 0.481 e. The van der Waals surface area contributed by atoms with E-state index in [4.69, 9.17) is 9.84 Å². The third-order valence-electron chi connectivity index (χ3n) is 3.49. The molecule has 2 rings (SSSR count). The summed E-state index contributed by atoms with van der Waals surface area (Å²) < 4.78 is 9.85. The highest BCUT2D eigenvalue weighted by molar-refractivity contribution is 5.79. The Bertz CT molecular complexity index is 407. The minimum absolute atomic E-state index is 0.0221. The molecule has 1 N–H and O–H groups in total. The SMILES string of the molecule is COC(=O)C1CN(C(=O)N2CC(CC(=O)O)C2)CCO1. The van der Waals surface area contributed by atoms with Crippen LogP contribution in [0.5, 0.6) is 0 Å². The van der Waals surface area contributed by atoms with E-state index in [1.807, 2.05) is 0 Å². The van der Waals surface area contributed by atoms with Gasteiger partial charge in [0, 0.05) is 25.6 Å². The second-order valence-corrected chi connectivity index (χ2v) is 4.98. The maximum Gasteiger partial charge on any atom is 0.336 e. The Labute approximate surface area is 116 Å². The molecule has 0 aliphatic carbocycles. The Morgan fingerprint density at radius 1 is 1.25 bits per heavy atom. The number of carbonyl (C=O) groups is 3. The first-order valence-corrected chi connectivity index (χ1v) is 6.46. The number of hydrogen-bond acceptors (Lipinski definition) is 5. The molecular weight excluding hydrogens is 268 g/mol. The summed E-state index contributed by atoms with van der Waals surface area (Å²) in [6.07, 6.45) is -0.661. The van der Waals surface area contributed by atoms with Gasteiger partial charge in [0.25, 0.3) is 0 Å². The highest BCUT2D eigenvalue weighted by Gasteiger charge is 2.37. The van der Waals surface area contributed by atoms with Crippen LogP contribution >= 0.6 is 0 Å². The highest BCUT2D eigenvalue weighted by atomic mass is 16.6. The van der Waals surface area contributed by atoms with Crippen LogP contribution in [0, 0.1) is 5.92 Å². The first kappa shape index (κ1) is 14.6. The molecule has 112 valence electrons. The minimum atomic E-state index is -0.848. The molecule has 0 aromatic heterocycles. The fourth-order valence-electron chi connectivity index (χ4n) is 2.40. The van der Waals surface area contributed by atoms with Crippen molar-refractivity contribution in [2.45, 2.75) is 12.5 Å². The van der Waals surface area contributed by atoms with Crippen LogP contribution in [0.4, 0.5) is 4.79 Å². The van der Waals surface area contributed by atoms with Gasteiger partial charge in [0.2, 0.25) is 0 Å². The summed E-state index contributed by atoms with van der Waals surface area (Å²) in [6, 6.07) is -0.177. The van der Waals surface area contributed by atoms with Crippen LogP contribution in [0.1, 0.15) is 6.42 Å². The maximum atomic E-state index is 12.2. The van der Waals surface area contributed by atoms with Gasteiger partial charge < -0.3 is 24.4 Å². The first-order chi connectivity index (χ1) is 9.51. The standard InChI is InChI=1S/C12H18N2O6/c1-19-11(17)9-7-13(2-3-20-9)12(18)14-5-8(6-14)4-10(15)16/h8-9H,2-7H2,1H3,(H,15,16). The zero-order valence-corrected chi connectivity index (χ0v) is 11.3. The number of methoxy groups -OCH3 is 1. The maximum absolute atomic E-state index is 12.2. The van der Waals surface area contributed by atoms with Gasteiger partial charge in [-0.3, -0.25) is 4.79 Å². The van der Waals surface area contributed by atoms with E-state index < -0.39 is 18.0 Å². The second kappa shape index (κ2) is 6.08. The van der Waals surface area contributed by atoms with E-state index in [9.17, 15) is 14.4 Å². The molecule has 2 fully saturated rings. The molecule has 2 amide bonds. The number of likely N-dealkylation sites (tertiary alicyclic amines) is 1. The van der Waals surface area contributed by atoms with Crippen molar-refractivity contribution < 1.29 is 29.0 Å². The van der Waals surface area contributed by atoms with Gasteiger partial charge in [0.15, 0.2) is 6.10 Å². The predicted octanol–water partition coefficient (Wildman–Crippen LogP) is -0.613. The summed E-state index contributed by atoms with van der Waals surface area (Å²) in [5, 5.41) is 8.66. The number of ether oxygens (including phenoxy) is 2. The molecule has 8 nitrogen and oxygen atoms in total. The van der Waals surface area contributed by atoms with Crippen molar-refractivity contribution in [3.63, 3.8) is 0 Å². The molecule has 0 aromatic carbocycles. The molecule has 20 heavy (non-hydrogen) atoms. The van der Waals surface area contributed by atoms with E-state index in [2.05, 4.69) is 4.74 Å². The lowest BCUT2D eigenvalue weighted by Gasteiger charge is -2.43. The molecule has 1 atom stereocenters. The van der Waals surface area contributed by atoms with Crippen LogP contribution in [0.15, 0.2) is 0 Å². The van der Waals surface area contributed by atoms with E-state index in [1.165, 1.54) is 7.11 Å². The van der Waals surface area contributed by atoms with Crippen LogP contribution in [-0.4, -0.2) is 78.9 Å². The lowest BCUT2D eigenvalue weighted by atomic mass is 9.97. The van der Waals surface area contributed by atoms with Gasteiger partial charge >= 0.3 is 18.0 Å². The van der Waals surface area contributed by atoms with Gasteiger partial charge in [-0.2, -0.15) is 0 Å². The molecule has 0 bridgehead atoms. The third kappa shape index (κ3) is 3.19. The summed E-state index contributed by atoms with van der Waals surface area (Å²) >= 11 is 0. The van der Waals surface area contributed by atoms with E-state index in [1.54, 1.807) is 9.80 Å². The molecule has 0 spiro atoms. The summed E-state index contributed by atoms with van der Waals surface area (Å²) in [5.41, 5.74) is 0. The highest BCUT2D eigenvalue weighted by Crippen LogP contribution is 2.21. The second-order valence-electron chi connectivity index (χ2n) is 4.98. The molecular formula is C12H18N2O6. The van der Waals surface area contributed by atoms with Crippen LogP contribution in [0.3, 0.4) is 0 Å². The first-order valence-electron chi connectivity index (χ1n) is 6.46. The molecule has 0 saturated carbocycles. The number of carboxylic acid groups (broad SMARTS) is 1. The number of nitrogens with zero attached hydrogens (tertiary/aromatic N) is 2. The molecule has 2 heterocycles. The lowest BCUT2D eigenvalue weighted by Crippen LogP contribution is -2.59. The molecule has 0 radical (unpaired) electrons. The smallest absolute Gasteiger partial charge is 0.336 e. The van der Waals surface area contributed by atoms with Crippen molar-refractivity contribution >= 4 is 18.0 Å². The van der Waals surface area contributed by atoms with Crippen LogP contribution < -0.4 is 0 Å². The number of rotatable bonds is 3. The quantitative estimate of drug-likeness (QED) is 0.695. The van der Waals surface area contributed by atoms with Crippen molar-refractivity contribution in [3.05, 3.63) is 0 Å². The van der Waals surface area contributed by atoms with E-state index in [0.29, 0.717) is 19.6 Å². The van der Waals surface area contributed by atoms with Gasteiger partial charge in [0.1, 0.15) is 0 Å². The Hall–Kier alpha value is -1.83. The summed E-state index contributed by atoms with van der Waals surface area (Å²) in [6.45, 7) is 1.78. The molecule has 1 unspecified atom stereocenters. The molecule has 0 aromatic rings. The number of amides is 2. The summed E-state index contributed by atoms with van der Waals surface area (Å²) in [5.74, 6) is -1.32. The number of carboxylic acids is 1. The molecule has 2 saturated heterocycles. The number of aliphatic carboxylic acids is 1. The van der Waals surface area contributed by atoms with E-state index >= 15 is 0 Å². The van der Waals surface area contributed by atoms with Crippen LogP contribution in [0.2, 0.25) is 0 Å². The Kier molecular flexibility index (Phi) is 4.43. The number of carbonyl (C=O) groups excluding carboxylic acids is 2. The van der Waals surface area contributed by atoms with E-state index in [-0.39, 0.29) is 31.5 Å². The van der Waals surface area contributed by atoms with Gasteiger partial charge in [-0.25, -0.2) is 9.59 Å². The minimum Gasteiger partial charge on any atom is -0.481 e. The van der Waals surface area contributed by atoms with Gasteiger partial charge in [-0.05, 0) is 0 Å². The predicted molar refractivity (Wildman–Crippen MR) is 66.0 cm³/mol. The monoisotopic (exact) mass is 286 g/mol. The van der Waals surface area contributed by atoms with Gasteiger partial charge in [0.05, 0.1) is 26.7 Å². The zero-order valence-electron chi connectivity index (χ0n) is 11.3. The normalized spacial score (nSPS) is 23.1. The zero-order chi connectivity index (χ0) is 14.7. The Morgan fingerprint density at radius 3 is 2.55 bits per heavy atom. The van der Waals surface area contributed by atoms with Crippen LogP contribution in [0.25, 0.3) is 0 Å². The molecule has 2 aliphatic rings. The van der Waals surface area contributed by atoms with E-state index in [0.717, 1.165) is 0 Å². The third-order valence-corrected chi connectivity index (χ3v) is 3.49. The number of morpholine rings is 1. The average molecular weight is 286 g/mol. The summed E-state index contributed by atoms with van der Waals surface area (Å²) in [7, 11) is 1.28. The number of esters is 1. The fourth-order valence-corrected chi connectivity index (χ4v) is 2.40. The molecule has 8 heteroatoms. The summed E-state index contributed by atoms with van der Waals surface area (Å²) in [4.78, 5) is 37.2. The van der Waals surface area contributed by atoms with Crippen molar-refractivity contribution in [2.24, 2.45) is 5.92 Å². The number of urea groups is 1. The lowest BCUT2D eigenvalue weighted by molar-refractivity contribution is -0.158. The Balaban J connectivity index is 1.81. The van der Waals surface area contributed by atoms with Crippen molar-refractivity contribution in [1.82, 2.24) is 9.80 Å².